The lowest BCUT2D eigenvalue weighted by Crippen LogP contribution is -2.60. The summed E-state index contributed by atoms with van der Waals surface area (Å²) in [6.07, 6.45) is 6.40. The summed E-state index contributed by atoms with van der Waals surface area (Å²) in [5, 5.41) is 0. The number of rotatable bonds is 7. The van der Waals surface area contributed by atoms with Gasteiger partial charge >= 0.3 is 0 Å². The molecule has 1 fully saturated rings. The highest BCUT2D eigenvalue weighted by Gasteiger charge is 2.59. The summed E-state index contributed by atoms with van der Waals surface area (Å²) in [5.74, 6) is 0. The lowest BCUT2D eigenvalue weighted by molar-refractivity contribution is -0.0495. The van der Waals surface area contributed by atoms with E-state index in [4.69, 9.17) is 9.16 Å². The van der Waals surface area contributed by atoms with Gasteiger partial charge < -0.3 is 9.16 Å². The Hall–Kier alpha value is -1.41. The molecule has 0 radical (unpaired) electrons. The highest BCUT2D eigenvalue weighted by molar-refractivity contribution is 7.89. The number of hydrogen-bond acceptors (Lipinski definition) is 4. The Labute approximate surface area is 194 Å². The molecule has 0 saturated carbocycles. The normalized spacial score (nSPS) is 27.6. The fourth-order valence-electron chi connectivity index (χ4n) is 6.11. The number of benzene rings is 1. The monoisotopic (exact) mass is 475 g/mol. The van der Waals surface area contributed by atoms with Crippen molar-refractivity contribution in [2.45, 2.75) is 94.2 Å². The van der Waals surface area contributed by atoms with E-state index in [0.717, 1.165) is 17.6 Å². The van der Waals surface area contributed by atoms with Crippen molar-refractivity contribution in [3.8, 4) is 0 Å². The second kappa shape index (κ2) is 8.11. The Morgan fingerprint density at radius 3 is 2.19 bits per heavy atom. The Morgan fingerprint density at radius 1 is 1.06 bits per heavy atom. The Kier molecular flexibility index (Phi) is 6.02. The molecule has 5 nitrogen and oxygen atoms in total. The standard InChI is InChI=1S/C25H37NO4SSi/c1-17(2)32(18(3)4,19(5)6)30-24-16-26(15-21-14-22-12-13-25(21,24)29-22)31(27,28)23-10-8-20(7)9-11-23/h8-13,15,17-19,22,24H,14,16H2,1-7H3/t22-,24+,25+/m0/s1. The number of fused-ring (bicyclic) bond motifs is 1. The SMILES string of the molecule is Cc1ccc(S(=O)(=O)N2C=C3C[C@@H]4C=C[C@]3(O4)[C@H](O[Si](C(C)C)(C(C)C)C(C)C)C2)cc1. The molecule has 3 heterocycles. The first-order chi connectivity index (χ1) is 14.9. The van der Waals surface area contributed by atoms with E-state index in [-0.39, 0.29) is 18.8 Å². The summed E-state index contributed by atoms with van der Waals surface area (Å²) in [6, 6.07) is 7.07. The van der Waals surface area contributed by atoms with E-state index in [1.807, 2.05) is 25.3 Å². The van der Waals surface area contributed by atoms with Crippen LogP contribution in [0.25, 0.3) is 0 Å². The molecular formula is C25H37NO4SSi. The molecule has 3 aliphatic rings. The molecule has 0 aliphatic carbocycles. The van der Waals surface area contributed by atoms with E-state index in [9.17, 15) is 8.42 Å². The van der Waals surface area contributed by atoms with Gasteiger partial charge in [0.25, 0.3) is 10.0 Å². The summed E-state index contributed by atoms with van der Waals surface area (Å²) in [4.78, 5) is 0.314. The quantitative estimate of drug-likeness (QED) is 0.384. The fourth-order valence-corrected chi connectivity index (χ4v) is 13.0. The summed E-state index contributed by atoms with van der Waals surface area (Å²) >= 11 is 0. The lowest BCUT2D eigenvalue weighted by atomic mass is 9.83. The Balaban J connectivity index is 1.77. The largest absolute Gasteiger partial charge is 0.408 e. The maximum atomic E-state index is 13.6. The van der Waals surface area contributed by atoms with Crippen LogP contribution in [0.4, 0.5) is 0 Å². The van der Waals surface area contributed by atoms with Gasteiger partial charge in [-0.15, -0.1) is 0 Å². The molecule has 32 heavy (non-hydrogen) atoms. The minimum Gasteiger partial charge on any atom is -0.408 e. The predicted molar refractivity (Wildman–Crippen MR) is 130 cm³/mol. The molecule has 1 aromatic rings. The average Bonchev–Trinajstić information content (AvgIpc) is 3.29. The Morgan fingerprint density at radius 2 is 1.66 bits per heavy atom. The van der Waals surface area contributed by atoms with Crippen LogP contribution in [0.1, 0.15) is 53.5 Å². The zero-order valence-electron chi connectivity index (χ0n) is 20.3. The number of nitrogens with zero attached hydrogens (tertiary/aromatic N) is 1. The summed E-state index contributed by atoms with van der Waals surface area (Å²) in [5.41, 5.74) is 2.61. The molecule has 176 valence electrons. The lowest BCUT2D eigenvalue weighted by Gasteiger charge is -2.50. The molecule has 0 N–H and O–H groups in total. The zero-order valence-corrected chi connectivity index (χ0v) is 22.1. The molecular weight excluding hydrogens is 438 g/mol. The van der Waals surface area contributed by atoms with Crippen molar-refractivity contribution in [3.05, 3.63) is 53.8 Å². The average molecular weight is 476 g/mol. The van der Waals surface area contributed by atoms with Gasteiger partial charge in [0, 0.05) is 12.6 Å². The summed E-state index contributed by atoms with van der Waals surface area (Å²) < 4.78 is 42.3. The molecule has 0 unspecified atom stereocenters. The van der Waals surface area contributed by atoms with Gasteiger partial charge in [0.15, 0.2) is 0 Å². The van der Waals surface area contributed by atoms with Crippen molar-refractivity contribution in [1.82, 2.24) is 4.31 Å². The second-order valence-electron chi connectivity index (χ2n) is 10.5. The summed E-state index contributed by atoms with van der Waals surface area (Å²) in [7, 11) is -5.93. The summed E-state index contributed by atoms with van der Waals surface area (Å²) in [6.45, 7) is 15.8. The first-order valence-corrected chi connectivity index (χ1v) is 15.4. The zero-order chi connectivity index (χ0) is 23.5. The van der Waals surface area contributed by atoms with E-state index in [2.05, 4.69) is 53.7 Å². The third kappa shape index (κ3) is 3.52. The van der Waals surface area contributed by atoms with Crippen LogP contribution < -0.4 is 0 Å². The first kappa shape index (κ1) is 23.7. The molecule has 1 saturated heterocycles. The van der Waals surface area contributed by atoms with Crippen LogP contribution >= 0.6 is 0 Å². The second-order valence-corrected chi connectivity index (χ2v) is 17.8. The highest BCUT2D eigenvalue weighted by Crippen LogP contribution is 2.52. The van der Waals surface area contributed by atoms with Crippen molar-refractivity contribution in [2.24, 2.45) is 0 Å². The van der Waals surface area contributed by atoms with E-state index >= 15 is 0 Å². The van der Waals surface area contributed by atoms with Gasteiger partial charge in [0.1, 0.15) is 11.7 Å². The number of hydrogen-bond donors (Lipinski definition) is 0. The molecule has 7 heteroatoms. The van der Waals surface area contributed by atoms with E-state index in [0.29, 0.717) is 21.5 Å². The number of aryl methyl sites for hydroxylation is 1. The smallest absolute Gasteiger partial charge is 0.263 e. The maximum Gasteiger partial charge on any atom is 0.263 e. The van der Waals surface area contributed by atoms with Crippen molar-refractivity contribution >= 4 is 18.3 Å². The molecule has 1 spiro atoms. The Bertz CT molecular complexity index is 1010. The maximum absolute atomic E-state index is 13.6. The van der Waals surface area contributed by atoms with Crippen molar-refractivity contribution < 1.29 is 17.6 Å². The third-order valence-electron chi connectivity index (χ3n) is 7.63. The van der Waals surface area contributed by atoms with E-state index in [1.165, 1.54) is 4.31 Å². The minimum atomic E-state index is -3.67. The van der Waals surface area contributed by atoms with Gasteiger partial charge in [0.05, 0.1) is 17.5 Å². The van der Waals surface area contributed by atoms with Crippen molar-refractivity contribution in [1.29, 1.82) is 0 Å². The van der Waals surface area contributed by atoms with Gasteiger partial charge in [-0.1, -0.05) is 65.3 Å². The van der Waals surface area contributed by atoms with Crippen LogP contribution in [-0.2, 0) is 19.2 Å². The molecule has 3 atom stereocenters. The van der Waals surface area contributed by atoms with Crippen LogP contribution in [0, 0.1) is 6.92 Å². The number of ether oxygens (including phenoxy) is 1. The van der Waals surface area contributed by atoms with Crippen LogP contribution in [-0.4, -0.2) is 45.4 Å². The fraction of sp³-hybridized carbons (Fsp3) is 0.600. The van der Waals surface area contributed by atoms with Crippen LogP contribution in [0.15, 0.2) is 53.1 Å². The molecule has 2 bridgehead atoms. The van der Waals surface area contributed by atoms with Crippen molar-refractivity contribution in [2.75, 3.05) is 6.54 Å². The topological polar surface area (TPSA) is 55.8 Å². The third-order valence-corrected chi connectivity index (χ3v) is 15.5. The minimum absolute atomic E-state index is 0.00240. The van der Waals surface area contributed by atoms with Gasteiger partial charge in [0.2, 0.25) is 8.32 Å². The van der Waals surface area contributed by atoms with Gasteiger partial charge in [-0.3, -0.25) is 4.31 Å². The molecule has 0 aromatic heterocycles. The predicted octanol–water partition coefficient (Wildman–Crippen LogP) is 5.54. The van der Waals surface area contributed by atoms with E-state index < -0.39 is 23.9 Å². The van der Waals surface area contributed by atoms with Crippen LogP contribution in [0.5, 0.6) is 0 Å². The van der Waals surface area contributed by atoms with Gasteiger partial charge in [-0.25, -0.2) is 8.42 Å². The van der Waals surface area contributed by atoms with E-state index in [1.54, 1.807) is 12.1 Å². The molecule has 0 amide bonds. The van der Waals surface area contributed by atoms with Gasteiger partial charge in [-0.05, 0) is 47.3 Å². The highest BCUT2D eigenvalue weighted by atomic mass is 32.2. The number of sulfonamides is 1. The van der Waals surface area contributed by atoms with Crippen LogP contribution in [0.2, 0.25) is 16.6 Å². The van der Waals surface area contributed by atoms with Gasteiger partial charge in [-0.2, -0.15) is 0 Å². The van der Waals surface area contributed by atoms with Crippen LogP contribution in [0.3, 0.4) is 0 Å². The molecule has 3 aliphatic heterocycles. The molecule has 1 aromatic carbocycles. The first-order valence-electron chi connectivity index (χ1n) is 11.8. The van der Waals surface area contributed by atoms with Crippen molar-refractivity contribution in [3.63, 3.8) is 0 Å². The molecule has 4 rings (SSSR count).